The minimum absolute atomic E-state index is 0.0281. The van der Waals surface area contributed by atoms with Gasteiger partial charge >= 0.3 is 0 Å². The van der Waals surface area contributed by atoms with E-state index in [-0.39, 0.29) is 5.54 Å². The quantitative estimate of drug-likeness (QED) is 0.867. The molecule has 0 aliphatic carbocycles. The van der Waals surface area contributed by atoms with E-state index in [4.69, 9.17) is 0 Å². The lowest BCUT2D eigenvalue weighted by molar-refractivity contribution is 0.626. The first-order valence-electron chi connectivity index (χ1n) is 5.15. The van der Waals surface area contributed by atoms with Crippen LogP contribution in [-0.2, 0) is 0 Å². The predicted octanol–water partition coefficient (Wildman–Crippen LogP) is 3.60. The summed E-state index contributed by atoms with van der Waals surface area (Å²) in [4.78, 5) is 8.77. The van der Waals surface area contributed by atoms with Crippen LogP contribution < -0.4 is 5.32 Å². The molecule has 0 atom stereocenters. The number of hydrogen-bond acceptors (Lipinski definition) is 3. The summed E-state index contributed by atoms with van der Waals surface area (Å²) in [5, 5.41) is 4.28. The fourth-order valence-corrected chi connectivity index (χ4v) is 1.87. The third kappa shape index (κ3) is 2.50. The molecule has 16 heavy (non-hydrogen) atoms. The van der Waals surface area contributed by atoms with Gasteiger partial charge < -0.3 is 5.32 Å². The zero-order valence-electron chi connectivity index (χ0n) is 9.58. The van der Waals surface area contributed by atoms with Gasteiger partial charge in [-0.1, -0.05) is 22.0 Å². The zero-order chi connectivity index (χ0) is 11.8. The molecule has 0 aliphatic heterocycles. The SMILES string of the molecule is CC(C)(C)Nc1ncc2c(Br)cccc2n1. The second kappa shape index (κ2) is 4.01. The van der Waals surface area contributed by atoms with Crippen molar-refractivity contribution in [3.05, 3.63) is 28.9 Å². The molecule has 1 aromatic carbocycles. The maximum atomic E-state index is 4.47. The van der Waals surface area contributed by atoms with Gasteiger partial charge in [-0.25, -0.2) is 9.97 Å². The van der Waals surface area contributed by atoms with E-state index >= 15 is 0 Å². The zero-order valence-corrected chi connectivity index (χ0v) is 11.2. The first-order valence-corrected chi connectivity index (χ1v) is 5.94. The molecule has 2 rings (SSSR count). The minimum Gasteiger partial charge on any atom is -0.350 e. The van der Waals surface area contributed by atoms with Crippen molar-refractivity contribution in [2.75, 3.05) is 5.32 Å². The maximum Gasteiger partial charge on any atom is 0.223 e. The number of aromatic nitrogens is 2. The lowest BCUT2D eigenvalue weighted by Crippen LogP contribution is -2.27. The van der Waals surface area contributed by atoms with Crippen LogP contribution in [0.4, 0.5) is 5.95 Å². The van der Waals surface area contributed by atoms with Gasteiger partial charge in [0.1, 0.15) is 0 Å². The van der Waals surface area contributed by atoms with Crippen LogP contribution >= 0.6 is 15.9 Å². The summed E-state index contributed by atoms with van der Waals surface area (Å²) in [6.45, 7) is 6.25. The van der Waals surface area contributed by atoms with Gasteiger partial charge in [0.05, 0.1) is 5.52 Å². The summed E-state index contributed by atoms with van der Waals surface area (Å²) in [7, 11) is 0. The lowest BCUT2D eigenvalue weighted by atomic mass is 10.1. The third-order valence-corrected chi connectivity index (χ3v) is 2.75. The normalized spacial score (nSPS) is 11.8. The van der Waals surface area contributed by atoms with Crippen molar-refractivity contribution in [3.63, 3.8) is 0 Å². The number of rotatable bonds is 1. The molecular formula is C12H14BrN3. The number of hydrogen-bond donors (Lipinski definition) is 1. The van der Waals surface area contributed by atoms with Crippen LogP contribution in [0.25, 0.3) is 10.9 Å². The Balaban J connectivity index is 2.45. The molecule has 1 heterocycles. The van der Waals surface area contributed by atoms with Crippen molar-refractivity contribution in [2.45, 2.75) is 26.3 Å². The first kappa shape index (κ1) is 11.3. The molecule has 0 aliphatic rings. The second-order valence-electron chi connectivity index (χ2n) is 4.74. The molecule has 4 heteroatoms. The van der Waals surface area contributed by atoms with Gasteiger partial charge in [0, 0.05) is 21.6 Å². The Kier molecular flexibility index (Phi) is 2.84. The highest BCUT2D eigenvalue weighted by Gasteiger charge is 2.11. The Hall–Kier alpha value is -1.16. The average Bonchev–Trinajstić information content (AvgIpc) is 2.15. The molecule has 0 spiro atoms. The van der Waals surface area contributed by atoms with Crippen molar-refractivity contribution in [3.8, 4) is 0 Å². The van der Waals surface area contributed by atoms with E-state index in [1.54, 1.807) is 0 Å². The molecule has 0 saturated carbocycles. The lowest BCUT2D eigenvalue weighted by Gasteiger charge is -2.20. The molecule has 84 valence electrons. The van der Waals surface area contributed by atoms with Crippen LogP contribution in [0.3, 0.4) is 0 Å². The summed E-state index contributed by atoms with van der Waals surface area (Å²) in [5.41, 5.74) is 0.913. The van der Waals surface area contributed by atoms with Gasteiger partial charge in [-0.05, 0) is 32.9 Å². The van der Waals surface area contributed by atoms with Gasteiger partial charge in [0.25, 0.3) is 0 Å². The summed E-state index contributed by atoms with van der Waals surface area (Å²) in [6.07, 6.45) is 1.83. The highest BCUT2D eigenvalue weighted by molar-refractivity contribution is 9.10. The van der Waals surface area contributed by atoms with E-state index in [1.165, 1.54) is 0 Å². The fourth-order valence-electron chi connectivity index (χ4n) is 1.42. The van der Waals surface area contributed by atoms with Crippen LogP contribution in [0.2, 0.25) is 0 Å². The first-order chi connectivity index (χ1) is 7.46. The van der Waals surface area contributed by atoms with E-state index in [0.29, 0.717) is 5.95 Å². The number of benzene rings is 1. The molecule has 0 bridgehead atoms. The van der Waals surface area contributed by atoms with Crippen LogP contribution in [0.1, 0.15) is 20.8 Å². The number of nitrogens with one attached hydrogen (secondary N) is 1. The predicted molar refractivity (Wildman–Crippen MR) is 70.6 cm³/mol. The van der Waals surface area contributed by atoms with Gasteiger partial charge in [-0.3, -0.25) is 0 Å². The van der Waals surface area contributed by atoms with Crippen LogP contribution in [0, 0.1) is 0 Å². The molecule has 0 saturated heterocycles. The Morgan fingerprint density at radius 1 is 1.25 bits per heavy atom. The number of anilines is 1. The van der Waals surface area contributed by atoms with Gasteiger partial charge in [-0.15, -0.1) is 0 Å². The maximum absolute atomic E-state index is 4.47. The average molecular weight is 280 g/mol. The molecule has 0 amide bonds. The Morgan fingerprint density at radius 2 is 2.00 bits per heavy atom. The molecule has 0 radical (unpaired) electrons. The molecule has 0 fully saturated rings. The molecule has 3 nitrogen and oxygen atoms in total. The van der Waals surface area contributed by atoms with Crippen molar-refractivity contribution < 1.29 is 0 Å². The minimum atomic E-state index is -0.0281. The summed E-state index contributed by atoms with van der Waals surface area (Å²) >= 11 is 3.48. The van der Waals surface area contributed by atoms with Crippen LogP contribution in [-0.4, -0.2) is 15.5 Å². The third-order valence-electron chi connectivity index (χ3n) is 2.06. The van der Waals surface area contributed by atoms with Gasteiger partial charge in [0.15, 0.2) is 0 Å². The van der Waals surface area contributed by atoms with Crippen molar-refractivity contribution in [1.29, 1.82) is 0 Å². The van der Waals surface area contributed by atoms with E-state index in [1.807, 2.05) is 24.4 Å². The van der Waals surface area contributed by atoms with Crippen molar-refractivity contribution in [2.24, 2.45) is 0 Å². The Labute approximate surface area is 103 Å². The largest absolute Gasteiger partial charge is 0.350 e. The monoisotopic (exact) mass is 279 g/mol. The number of halogens is 1. The van der Waals surface area contributed by atoms with Crippen molar-refractivity contribution >= 4 is 32.8 Å². The highest BCUT2D eigenvalue weighted by Crippen LogP contribution is 2.22. The Morgan fingerprint density at radius 3 is 2.69 bits per heavy atom. The number of nitrogens with zero attached hydrogens (tertiary/aromatic N) is 2. The van der Waals surface area contributed by atoms with Gasteiger partial charge in [-0.2, -0.15) is 0 Å². The van der Waals surface area contributed by atoms with Gasteiger partial charge in [0.2, 0.25) is 5.95 Å². The summed E-state index contributed by atoms with van der Waals surface area (Å²) < 4.78 is 1.02. The molecule has 0 unspecified atom stereocenters. The van der Waals surface area contributed by atoms with Crippen LogP contribution in [0.15, 0.2) is 28.9 Å². The number of fused-ring (bicyclic) bond motifs is 1. The van der Waals surface area contributed by atoms with E-state index in [9.17, 15) is 0 Å². The fraction of sp³-hybridized carbons (Fsp3) is 0.333. The standard InChI is InChI=1S/C12H14BrN3/c1-12(2,3)16-11-14-7-8-9(13)5-4-6-10(8)15-11/h4-7H,1-3H3,(H,14,15,16). The highest BCUT2D eigenvalue weighted by atomic mass is 79.9. The van der Waals surface area contributed by atoms with Crippen LogP contribution in [0.5, 0.6) is 0 Å². The Bertz CT molecular complexity index is 517. The second-order valence-corrected chi connectivity index (χ2v) is 5.60. The van der Waals surface area contributed by atoms with E-state index < -0.39 is 0 Å². The molecule has 1 N–H and O–H groups in total. The topological polar surface area (TPSA) is 37.8 Å². The molecule has 2 aromatic rings. The van der Waals surface area contributed by atoms with E-state index in [0.717, 1.165) is 15.4 Å². The molecule has 1 aromatic heterocycles. The van der Waals surface area contributed by atoms with E-state index in [2.05, 4.69) is 52.0 Å². The summed E-state index contributed by atoms with van der Waals surface area (Å²) in [5.74, 6) is 0.665. The summed E-state index contributed by atoms with van der Waals surface area (Å²) in [6, 6.07) is 5.94. The molecular weight excluding hydrogens is 266 g/mol. The smallest absolute Gasteiger partial charge is 0.223 e. The van der Waals surface area contributed by atoms with Crippen molar-refractivity contribution in [1.82, 2.24) is 9.97 Å².